The van der Waals surface area contributed by atoms with Crippen molar-refractivity contribution in [3.63, 3.8) is 0 Å². The maximum absolute atomic E-state index is 12.2. The van der Waals surface area contributed by atoms with Gasteiger partial charge in [0.25, 0.3) is 0 Å². The SMILES string of the molecule is O=C(COc1ccc(COCc2ccc(OCC(=O)c3ccc(Br)cc3)cc2)cc1)c1ccc(Br)cc1. The predicted molar refractivity (Wildman–Crippen MR) is 149 cm³/mol. The monoisotopic (exact) mass is 622 g/mol. The lowest BCUT2D eigenvalue weighted by molar-refractivity contribution is 0.0915. The molecule has 0 aliphatic rings. The molecule has 188 valence electrons. The van der Waals surface area contributed by atoms with E-state index in [-0.39, 0.29) is 24.8 Å². The molecule has 0 fully saturated rings. The normalized spacial score (nSPS) is 10.6. The molecule has 37 heavy (non-hydrogen) atoms. The van der Waals surface area contributed by atoms with Crippen molar-refractivity contribution in [2.24, 2.45) is 0 Å². The lowest BCUT2D eigenvalue weighted by Gasteiger charge is -2.09. The zero-order valence-electron chi connectivity index (χ0n) is 19.9. The van der Waals surface area contributed by atoms with E-state index in [2.05, 4.69) is 31.9 Å². The number of Topliss-reactive ketones (excluding diaryl/α,β-unsaturated/α-hetero) is 2. The number of carbonyl (C=O) groups excluding carboxylic acids is 2. The molecule has 4 rings (SSSR count). The van der Waals surface area contributed by atoms with E-state index >= 15 is 0 Å². The number of carbonyl (C=O) groups is 2. The van der Waals surface area contributed by atoms with E-state index in [1.54, 1.807) is 24.3 Å². The van der Waals surface area contributed by atoms with Crippen molar-refractivity contribution in [2.75, 3.05) is 13.2 Å². The van der Waals surface area contributed by atoms with Crippen LogP contribution in [0.5, 0.6) is 11.5 Å². The Balaban J connectivity index is 1.17. The Morgan fingerprint density at radius 2 is 0.865 bits per heavy atom. The van der Waals surface area contributed by atoms with Gasteiger partial charge in [-0.05, 0) is 59.7 Å². The lowest BCUT2D eigenvalue weighted by atomic mass is 10.1. The van der Waals surface area contributed by atoms with Crippen LogP contribution in [0, 0.1) is 0 Å². The molecule has 5 nitrogen and oxygen atoms in total. The van der Waals surface area contributed by atoms with Gasteiger partial charge in [0.15, 0.2) is 24.8 Å². The average molecular weight is 624 g/mol. The molecule has 0 saturated heterocycles. The molecule has 0 radical (unpaired) electrons. The molecule has 7 heteroatoms. The zero-order valence-corrected chi connectivity index (χ0v) is 23.0. The molecule has 0 aliphatic heterocycles. The Hall–Kier alpha value is -3.26. The first-order chi connectivity index (χ1) is 18.0. The molecule has 4 aromatic rings. The maximum atomic E-state index is 12.2. The van der Waals surface area contributed by atoms with E-state index in [0.29, 0.717) is 35.8 Å². The molecule has 0 heterocycles. The molecule has 0 amide bonds. The highest BCUT2D eigenvalue weighted by atomic mass is 79.9. The summed E-state index contributed by atoms with van der Waals surface area (Å²) in [7, 11) is 0. The van der Waals surface area contributed by atoms with Gasteiger partial charge in [0.05, 0.1) is 13.2 Å². The standard InChI is InChI=1S/C30H24Br2O5/c31-25-9-5-23(6-10-25)29(33)19-36-27-13-1-21(2-14-27)17-35-18-22-3-15-28(16-4-22)37-20-30(34)24-7-11-26(32)12-8-24/h1-16H,17-20H2. The Morgan fingerprint density at radius 3 is 1.22 bits per heavy atom. The molecular weight excluding hydrogens is 600 g/mol. The van der Waals surface area contributed by atoms with Crippen molar-refractivity contribution in [2.45, 2.75) is 13.2 Å². The van der Waals surface area contributed by atoms with Crippen molar-refractivity contribution in [1.82, 2.24) is 0 Å². The van der Waals surface area contributed by atoms with Crippen LogP contribution in [0.3, 0.4) is 0 Å². The van der Waals surface area contributed by atoms with Gasteiger partial charge in [0, 0.05) is 20.1 Å². The number of hydrogen-bond donors (Lipinski definition) is 0. The van der Waals surface area contributed by atoms with Gasteiger partial charge in [0.1, 0.15) is 11.5 Å². The Bertz CT molecular complexity index is 1210. The first kappa shape index (κ1) is 26.8. The Labute approximate surface area is 232 Å². The summed E-state index contributed by atoms with van der Waals surface area (Å²) in [5.74, 6) is 1.10. The highest BCUT2D eigenvalue weighted by Crippen LogP contribution is 2.17. The Kier molecular flexibility index (Phi) is 9.65. The minimum atomic E-state index is -0.0764. The number of ether oxygens (including phenoxy) is 3. The van der Waals surface area contributed by atoms with Crippen molar-refractivity contribution in [3.8, 4) is 11.5 Å². The second kappa shape index (κ2) is 13.3. The largest absolute Gasteiger partial charge is 0.485 e. The van der Waals surface area contributed by atoms with Crippen LogP contribution >= 0.6 is 31.9 Å². The van der Waals surface area contributed by atoms with Crippen LogP contribution in [0.1, 0.15) is 31.8 Å². The van der Waals surface area contributed by atoms with E-state index in [1.807, 2.05) is 72.8 Å². The maximum Gasteiger partial charge on any atom is 0.200 e. The van der Waals surface area contributed by atoms with Crippen LogP contribution in [0.15, 0.2) is 106 Å². The van der Waals surface area contributed by atoms with Crippen LogP contribution in [0.2, 0.25) is 0 Å². The fraction of sp³-hybridized carbons (Fsp3) is 0.133. The second-order valence-corrected chi connectivity index (χ2v) is 10.0. The van der Waals surface area contributed by atoms with Crippen molar-refractivity contribution < 1.29 is 23.8 Å². The third-order valence-electron chi connectivity index (χ3n) is 5.46. The highest BCUT2D eigenvalue weighted by Gasteiger charge is 2.08. The lowest BCUT2D eigenvalue weighted by Crippen LogP contribution is -2.11. The number of halogens is 2. The fourth-order valence-electron chi connectivity index (χ4n) is 3.39. The molecule has 0 N–H and O–H groups in total. The quantitative estimate of drug-likeness (QED) is 0.153. The smallest absolute Gasteiger partial charge is 0.200 e. The van der Waals surface area contributed by atoms with Crippen LogP contribution in [0.4, 0.5) is 0 Å². The summed E-state index contributed by atoms with van der Waals surface area (Å²) in [4.78, 5) is 24.5. The third-order valence-corrected chi connectivity index (χ3v) is 6.51. The van der Waals surface area contributed by atoms with E-state index in [0.717, 1.165) is 20.1 Å². The van der Waals surface area contributed by atoms with Gasteiger partial charge in [-0.15, -0.1) is 0 Å². The summed E-state index contributed by atoms with van der Waals surface area (Å²) >= 11 is 6.72. The molecule has 4 aromatic carbocycles. The van der Waals surface area contributed by atoms with Crippen LogP contribution in [-0.2, 0) is 18.0 Å². The van der Waals surface area contributed by atoms with Crippen molar-refractivity contribution in [3.05, 3.63) is 128 Å². The molecule has 0 spiro atoms. The van der Waals surface area contributed by atoms with Gasteiger partial charge in [-0.3, -0.25) is 9.59 Å². The van der Waals surface area contributed by atoms with E-state index < -0.39 is 0 Å². The summed E-state index contributed by atoms with van der Waals surface area (Å²) in [6.07, 6.45) is 0. The summed E-state index contributed by atoms with van der Waals surface area (Å²) in [6.45, 7) is 0.848. The topological polar surface area (TPSA) is 61.8 Å². The number of rotatable bonds is 12. The van der Waals surface area contributed by atoms with Gasteiger partial charge in [0.2, 0.25) is 0 Å². The summed E-state index contributed by atoms with van der Waals surface area (Å²) in [5.41, 5.74) is 3.22. The molecule has 0 bridgehead atoms. The van der Waals surface area contributed by atoms with Gasteiger partial charge >= 0.3 is 0 Å². The van der Waals surface area contributed by atoms with E-state index in [1.165, 1.54) is 0 Å². The Morgan fingerprint density at radius 1 is 0.514 bits per heavy atom. The van der Waals surface area contributed by atoms with Gasteiger partial charge in [-0.1, -0.05) is 80.4 Å². The zero-order chi connectivity index (χ0) is 26.0. The molecular formula is C30H24Br2O5. The van der Waals surface area contributed by atoms with Crippen molar-refractivity contribution >= 4 is 43.4 Å². The molecule has 0 aromatic heterocycles. The third kappa shape index (κ3) is 8.39. The van der Waals surface area contributed by atoms with Crippen LogP contribution in [0.25, 0.3) is 0 Å². The number of hydrogen-bond acceptors (Lipinski definition) is 5. The van der Waals surface area contributed by atoms with Crippen LogP contribution < -0.4 is 9.47 Å². The first-order valence-electron chi connectivity index (χ1n) is 11.5. The molecule has 0 unspecified atom stereocenters. The molecule has 0 saturated carbocycles. The molecule has 0 aliphatic carbocycles. The van der Waals surface area contributed by atoms with Crippen molar-refractivity contribution in [1.29, 1.82) is 0 Å². The van der Waals surface area contributed by atoms with Gasteiger partial charge in [-0.2, -0.15) is 0 Å². The minimum Gasteiger partial charge on any atom is -0.485 e. The van der Waals surface area contributed by atoms with Crippen LogP contribution in [-0.4, -0.2) is 24.8 Å². The second-order valence-electron chi connectivity index (χ2n) is 8.22. The molecule has 0 atom stereocenters. The number of ketones is 2. The first-order valence-corrected chi connectivity index (χ1v) is 13.1. The summed E-state index contributed by atoms with van der Waals surface area (Å²) in [5, 5.41) is 0. The van der Waals surface area contributed by atoms with Gasteiger partial charge in [-0.25, -0.2) is 0 Å². The highest BCUT2D eigenvalue weighted by molar-refractivity contribution is 9.10. The fourth-order valence-corrected chi connectivity index (χ4v) is 3.92. The number of benzene rings is 4. The minimum absolute atomic E-state index is 0.0183. The average Bonchev–Trinajstić information content (AvgIpc) is 2.92. The van der Waals surface area contributed by atoms with E-state index in [4.69, 9.17) is 14.2 Å². The van der Waals surface area contributed by atoms with E-state index in [9.17, 15) is 9.59 Å². The van der Waals surface area contributed by atoms with Gasteiger partial charge < -0.3 is 14.2 Å². The summed E-state index contributed by atoms with van der Waals surface area (Å²) in [6, 6.07) is 29.4. The summed E-state index contributed by atoms with van der Waals surface area (Å²) < 4.78 is 18.9. The predicted octanol–water partition coefficient (Wildman–Crippen LogP) is 7.45.